The van der Waals surface area contributed by atoms with Gasteiger partial charge in [0.05, 0.1) is 12.1 Å². The fraction of sp³-hybridized carbons (Fsp3) is 0.238. The van der Waals surface area contributed by atoms with Crippen LogP contribution in [0.2, 0.25) is 0 Å². The second kappa shape index (κ2) is 8.45. The average Bonchev–Trinajstić information content (AvgIpc) is 2.66. The minimum absolute atomic E-state index is 0.260. The molecule has 26 heavy (non-hydrogen) atoms. The number of nitrogens with two attached hydrogens (primary N) is 1. The van der Waals surface area contributed by atoms with Gasteiger partial charge in [0.15, 0.2) is 0 Å². The summed E-state index contributed by atoms with van der Waals surface area (Å²) < 4.78 is 5.22. The maximum Gasteiger partial charge on any atom is 0.323 e. The molecule has 0 fully saturated rings. The van der Waals surface area contributed by atoms with Crippen molar-refractivity contribution in [2.45, 2.75) is 25.9 Å². The van der Waals surface area contributed by atoms with E-state index in [-0.39, 0.29) is 5.97 Å². The standard InChI is InChI=1S/C21H23N3O2/c1-2-26-21(25)19(12-15-8-4-3-5-9-15)23-14-17-13-16-10-6-7-11-18(16)24-20(17)22/h3-11,13,19,23H,2,12,14H2,1H3,(H2,22,24)/t19-/m0/s1. The van der Waals surface area contributed by atoms with E-state index in [4.69, 9.17) is 10.5 Å². The molecule has 5 nitrogen and oxygen atoms in total. The number of nitrogens with one attached hydrogen (secondary N) is 1. The van der Waals surface area contributed by atoms with E-state index in [0.717, 1.165) is 22.0 Å². The molecule has 1 heterocycles. The molecular weight excluding hydrogens is 326 g/mol. The number of hydrogen-bond acceptors (Lipinski definition) is 5. The number of pyridine rings is 1. The number of fused-ring (bicyclic) bond motifs is 1. The second-order valence-electron chi connectivity index (χ2n) is 6.10. The van der Waals surface area contributed by atoms with Gasteiger partial charge in [-0.05, 0) is 31.0 Å². The van der Waals surface area contributed by atoms with E-state index in [9.17, 15) is 4.79 Å². The molecule has 2 aromatic carbocycles. The predicted molar refractivity (Wildman–Crippen MR) is 104 cm³/mol. The highest BCUT2D eigenvalue weighted by molar-refractivity contribution is 5.81. The Morgan fingerprint density at radius 1 is 1.15 bits per heavy atom. The van der Waals surface area contributed by atoms with E-state index in [2.05, 4.69) is 10.3 Å². The number of carbonyl (C=O) groups is 1. The molecule has 3 aromatic rings. The van der Waals surface area contributed by atoms with E-state index in [0.29, 0.717) is 25.4 Å². The third-order valence-corrected chi connectivity index (χ3v) is 4.23. The number of ether oxygens (including phenoxy) is 1. The summed E-state index contributed by atoms with van der Waals surface area (Å²) in [6.07, 6.45) is 0.556. The zero-order chi connectivity index (χ0) is 18.4. The van der Waals surface area contributed by atoms with E-state index < -0.39 is 6.04 Å². The fourth-order valence-corrected chi connectivity index (χ4v) is 2.88. The maximum absolute atomic E-state index is 12.3. The van der Waals surface area contributed by atoms with Crippen molar-refractivity contribution in [3.05, 3.63) is 71.8 Å². The molecule has 0 amide bonds. The molecule has 3 rings (SSSR count). The number of para-hydroxylation sites is 1. The Morgan fingerprint density at radius 3 is 2.65 bits per heavy atom. The van der Waals surface area contributed by atoms with Crippen LogP contribution in [-0.2, 0) is 22.5 Å². The average molecular weight is 349 g/mol. The Labute approximate surface area is 153 Å². The summed E-state index contributed by atoms with van der Waals surface area (Å²) in [4.78, 5) is 16.8. The van der Waals surface area contributed by atoms with Crippen LogP contribution >= 0.6 is 0 Å². The molecule has 1 aromatic heterocycles. The number of nitrogen functional groups attached to an aromatic ring is 1. The maximum atomic E-state index is 12.3. The van der Waals surface area contributed by atoms with Crippen molar-refractivity contribution >= 4 is 22.7 Å². The van der Waals surface area contributed by atoms with Crippen LogP contribution in [0.4, 0.5) is 5.82 Å². The Hall–Kier alpha value is -2.92. The van der Waals surface area contributed by atoms with E-state index in [1.165, 1.54) is 0 Å². The van der Waals surface area contributed by atoms with Gasteiger partial charge in [0, 0.05) is 17.5 Å². The predicted octanol–water partition coefficient (Wildman–Crippen LogP) is 3.08. The molecule has 0 spiro atoms. The second-order valence-corrected chi connectivity index (χ2v) is 6.10. The highest BCUT2D eigenvalue weighted by Crippen LogP contribution is 2.18. The minimum Gasteiger partial charge on any atom is -0.465 e. The van der Waals surface area contributed by atoms with Crippen LogP contribution in [0.1, 0.15) is 18.1 Å². The summed E-state index contributed by atoms with van der Waals surface area (Å²) in [5.74, 6) is 0.210. The molecule has 0 radical (unpaired) electrons. The molecule has 0 bridgehead atoms. The molecule has 0 aliphatic heterocycles. The Kier molecular flexibility index (Phi) is 5.81. The summed E-state index contributed by atoms with van der Waals surface area (Å²) in [6.45, 7) is 2.61. The summed E-state index contributed by atoms with van der Waals surface area (Å²) in [7, 11) is 0. The van der Waals surface area contributed by atoms with Crippen LogP contribution in [0, 0.1) is 0 Å². The molecule has 0 unspecified atom stereocenters. The number of esters is 1. The van der Waals surface area contributed by atoms with Crippen molar-refractivity contribution < 1.29 is 9.53 Å². The summed E-state index contributed by atoms with van der Waals surface area (Å²) in [6, 6.07) is 19.3. The molecule has 0 aliphatic rings. The lowest BCUT2D eigenvalue weighted by Gasteiger charge is -2.18. The number of nitrogens with zero attached hydrogens (tertiary/aromatic N) is 1. The van der Waals surface area contributed by atoms with Crippen LogP contribution < -0.4 is 11.1 Å². The normalized spacial score (nSPS) is 12.0. The molecule has 1 atom stereocenters. The first kappa shape index (κ1) is 17.9. The monoisotopic (exact) mass is 349 g/mol. The third kappa shape index (κ3) is 4.37. The highest BCUT2D eigenvalue weighted by Gasteiger charge is 2.20. The number of rotatable bonds is 7. The number of benzene rings is 2. The van der Waals surface area contributed by atoms with Crippen LogP contribution in [0.15, 0.2) is 60.7 Å². The first-order valence-corrected chi connectivity index (χ1v) is 8.75. The molecule has 0 aliphatic carbocycles. The van der Waals surface area contributed by atoms with Gasteiger partial charge in [-0.1, -0.05) is 48.5 Å². The summed E-state index contributed by atoms with van der Waals surface area (Å²) in [5.41, 5.74) is 8.89. The number of aromatic nitrogens is 1. The van der Waals surface area contributed by atoms with Crippen LogP contribution in [0.25, 0.3) is 10.9 Å². The van der Waals surface area contributed by atoms with Crippen molar-refractivity contribution in [2.75, 3.05) is 12.3 Å². The quantitative estimate of drug-likeness (QED) is 0.641. The van der Waals surface area contributed by atoms with Gasteiger partial charge < -0.3 is 10.5 Å². The topological polar surface area (TPSA) is 77.2 Å². The lowest BCUT2D eigenvalue weighted by atomic mass is 10.1. The summed E-state index contributed by atoms with van der Waals surface area (Å²) in [5, 5.41) is 4.30. The summed E-state index contributed by atoms with van der Waals surface area (Å²) >= 11 is 0. The van der Waals surface area contributed by atoms with Crippen molar-refractivity contribution in [3.63, 3.8) is 0 Å². The van der Waals surface area contributed by atoms with Crippen molar-refractivity contribution in [2.24, 2.45) is 0 Å². The van der Waals surface area contributed by atoms with Crippen molar-refractivity contribution in [1.82, 2.24) is 10.3 Å². The lowest BCUT2D eigenvalue weighted by molar-refractivity contribution is -0.145. The molecule has 5 heteroatoms. The van der Waals surface area contributed by atoms with Gasteiger partial charge in [0.1, 0.15) is 11.9 Å². The zero-order valence-corrected chi connectivity index (χ0v) is 14.8. The Bertz CT molecular complexity index is 881. The molecule has 0 saturated carbocycles. The molecular formula is C21H23N3O2. The van der Waals surface area contributed by atoms with Crippen molar-refractivity contribution in [1.29, 1.82) is 0 Å². The zero-order valence-electron chi connectivity index (χ0n) is 14.8. The number of carbonyl (C=O) groups excluding carboxylic acids is 1. The van der Waals surface area contributed by atoms with Gasteiger partial charge in [-0.2, -0.15) is 0 Å². The van der Waals surface area contributed by atoms with E-state index >= 15 is 0 Å². The SMILES string of the molecule is CCOC(=O)[C@H](Cc1ccccc1)NCc1cc2ccccc2nc1N. The van der Waals surface area contributed by atoms with Gasteiger partial charge in [-0.25, -0.2) is 4.98 Å². The Balaban J connectivity index is 1.76. The van der Waals surface area contributed by atoms with Crippen LogP contribution in [0.3, 0.4) is 0 Å². The molecule has 3 N–H and O–H groups in total. The van der Waals surface area contributed by atoms with Gasteiger partial charge in [0.2, 0.25) is 0 Å². The number of anilines is 1. The van der Waals surface area contributed by atoms with Crippen LogP contribution in [0.5, 0.6) is 0 Å². The van der Waals surface area contributed by atoms with Crippen molar-refractivity contribution in [3.8, 4) is 0 Å². The van der Waals surface area contributed by atoms with Gasteiger partial charge in [-0.15, -0.1) is 0 Å². The van der Waals surface area contributed by atoms with Gasteiger partial charge in [-0.3, -0.25) is 10.1 Å². The third-order valence-electron chi connectivity index (χ3n) is 4.23. The minimum atomic E-state index is -0.441. The van der Waals surface area contributed by atoms with E-state index in [1.54, 1.807) is 0 Å². The fourth-order valence-electron chi connectivity index (χ4n) is 2.88. The Morgan fingerprint density at radius 2 is 1.88 bits per heavy atom. The smallest absolute Gasteiger partial charge is 0.323 e. The molecule has 0 saturated heterocycles. The largest absolute Gasteiger partial charge is 0.465 e. The molecule has 134 valence electrons. The first-order chi connectivity index (χ1) is 12.7. The van der Waals surface area contributed by atoms with Crippen LogP contribution in [-0.4, -0.2) is 23.6 Å². The highest BCUT2D eigenvalue weighted by atomic mass is 16.5. The van der Waals surface area contributed by atoms with Gasteiger partial charge in [0.25, 0.3) is 0 Å². The van der Waals surface area contributed by atoms with E-state index in [1.807, 2.05) is 67.6 Å². The first-order valence-electron chi connectivity index (χ1n) is 8.75. The number of hydrogen-bond donors (Lipinski definition) is 2. The van der Waals surface area contributed by atoms with Gasteiger partial charge >= 0.3 is 5.97 Å². The lowest BCUT2D eigenvalue weighted by Crippen LogP contribution is -2.39.